The van der Waals surface area contributed by atoms with Gasteiger partial charge < -0.3 is 15.0 Å². The predicted octanol–water partition coefficient (Wildman–Crippen LogP) is 2.08. The van der Waals surface area contributed by atoms with Gasteiger partial charge in [-0.2, -0.15) is 0 Å². The van der Waals surface area contributed by atoms with Gasteiger partial charge in [0.15, 0.2) is 5.65 Å². The second-order valence-corrected chi connectivity index (χ2v) is 8.10. The summed E-state index contributed by atoms with van der Waals surface area (Å²) >= 11 is 1.08. The number of nitrogens with zero attached hydrogens (tertiary/aromatic N) is 4. The fourth-order valence-electron chi connectivity index (χ4n) is 3.45. The molecule has 0 radical (unpaired) electrons. The van der Waals surface area contributed by atoms with E-state index in [0.29, 0.717) is 27.8 Å². The highest BCUT2D eigenvalue weighted by Gasteiger charge is 2.14. The molecule has 0 unspecified atom stereocenters. The van der Waals surface area contributed by atoms with Gasteiger partial charge in [0.1, 0.15) is 17.1 Å². The van der Waals surface area contributed by atoms with Gasteiger partial charge in [0.05, 0.1) is 18.6 Å². The van der Waals surface area contributed by atoms with Gasteiger partial charge in [-0.05, 0) is 30.3 Å². The van der Waals surface area contributed by atoms with Crippen molar-refractivity contribution in [1.29, 1.82) is 0 Å². The molecule has 1 amide bonds. The monoisotopic (exact) mass is 475 g/mol. The lowest BCUT2D eigenvalue weighted by Crippen LogP contribution is -2.32. The van der Waals surface area contributed by atoms with E-state index >= 15 is 0 Å². The number of carbonyl (C=O) groups excluding carboxylic acids is 1. The normalized spacial score (nSPS) is 11.1. The van der Waals surface area contributed by atoms with Crippen molar-refractivity contribution >= 4 is 45.6 Å². The van der Waals surface area contributed by atoms with E-state index in [9.17, 15) is 14.4 Å². The first-order valence-electron chi connectivity index (χ1n) is 10.1. The van der Waals surface area contributed by atoms with Crippen molar-refractivity contribution in [2.75, 3.05) is 18.2 Å². The maximum atomic E-state index is 12.6. The highest BCUT2D eigenvalue weighted by Crippen LogP contribution is 2.23. The second-order valence-electron chi connectivity index (χ2n) is 7.16. The van der Waals surface area contributed by atoms with Gasteiger partial charge in [-0.15, -0.1) is 10.2 Å². The summed E-state index contributed by atoms with van der Waals surface area (Å²) in [6.45, 7) is 0. The number of nitrogens with one attached hydrogen (secondary N) is 3. The van der Waals surface area contributed by atoms with Crippen molar-refractivity contribution in [1.82, 2.24) is 29.7 Å². The van der Waals surface area contributed by atoms with Crippen molar-refractivity contribution in [3.63, 3.8) is 0 Å². The van der Waals surface area contributed by atoms with Crippen LogP contribution in [-0.2, 0) is 4.79 Å². The fourth-order valence-corrected chi connectivity index (χ4v) is 4.04. The first-order chi connectivity index (χ1) is 16.5. The molecule has 3 N–H and O–H groups in total. The van der Waals surface area contributed by atoms with Crippen LogP contribution in [0.1, 0.15) is 0 Å². The SMILES string of the molecule is COc1ccc(-n2c(NC(=O)CSc3nnc4c(n3)[nH]c3ccccc34)cc(=O)[nH]c2=O)cc1. The number of ether oxygens (including phenoxy) is 1. The minimum atomic E-state index is -0.683. The van der Waals surface area contributed by atoms with Crippen LogP contribution in [0.4, 0.5) is 5.82 Å². The largest absolute Gasteiger partial charge is 0.497 e. The van der Waals surface area contributed by atoms with Crippen molar-refractivity contribution in [2.24, 2.45) is 0 Å². The molecule has 5 aromatic rings. The summed E-state index contributed by atoms with van der Waals surface area (Å²) in [5.74, 6) is 0.132. The van der Waals surface area contributed by atoms with E-state index in [-0.39, 0.29) is 11.6 Å². The number of H-pyrrole nitrogens is 2. The van der Waals surface area contributed by atoms with Crippen LogP contribution in [0.15, 0.2) is 69.3 Å². The Bertz CT molecular complexity index is 1640. The lowest BCUT2D eigenvalue weighted by molar-refractivity contribution is -0.113. The number of aromatic amines is 2. The van der Waals surface area contributed by atoms with Crippen LogP contribution in [-0.4, -0.2) is 48.5 Å². The number of fused-ring (bicyclic) bond motifs is 3. The van der Waals surface area contributed by atoms with Gasteiger partial charge in [-0.1, -0.05) is 30.0 Å². The molecule has 12 heteroatoms. The van der Waals surface area contributed by atoms with E-state index in [1.54, 1.807) is 24.3 Å². The molecule has 0 bridgehead atoms. The third kappa shape index (κ3) is 4.13. The van der Waals surface area contributed by atoms with Crippen LogP contribution in [0, 0.1) is 0 Å². The summed E-state index contributed by atoms with van der Waals surface area (Å²) in [6, 6.07) is 15.4. The highest BCUT2D eigenvalue weighted by atomic mass is 32.2. The molecule has 0 spiro atoms. The summed E-state index contributed by atoms with van der Waals surface area (Å²) < 4.78 is 6.32. The molecule has 3 heterocycles. The predicted molar refractivity (Wildman–Crippen MR) is 128 cm³/mol. The lowest BCUT2D eigenvalue weighted by atomic mass is 10.2. The number of thioether (sulfide) groups is 1. The number of hydrogen-bond donors (Lipinski definition) is 3. The summed E-state index contributed by atoms with van der Waals surface area (Å²) in [5.41, 5.74) is 1.25. The number of anilines is 1. The Morgan fingerprint density at radius 1 is 1.09 bits per heavy atom. The summed E-state index contributed by atoms with van der Waals surface area (Å²) in [5, 5.41) is 12.2. The number of rotatable bonds is 6. The maximum Gasteiger partial charge on any atom is 0.334 e. The lowest BCUT2D eigenvalue weighted by Gasteiger charge is -2.13. The van der Waals surface area contributed by atoms with E-state index in [1.807, 2.05) is 24.3 Å². The number of methoxy groups -OCH3 is 1. The standard InChI is InChI=1S/C22H17N7O4S/c1-33-13-8-6-12(7-9-13)29-16(10-17(30)25-22(29)32)24-18(31)11-34-21-26-20-19(27-28-21)14-4-2-3-5-15(14)23-20/h2-10H,11H2,1H3,(H,24,31)(H,23,26,28)(H,25,30,32). The average molecular weight is 475 g/mol. The van der Waals surface area contributed by atoms with Crippen molar-refractivity contribution in [2.45, 2.75) is 5.16 Å². The number of amides is 1. The Hall–Kier alpha value is -4.45. The minimum absolute atomic E-state index is 0.0367. The van der Waals surface area contributed by atoms with E-state index in [1.165, 1.54) is 11.7 Å². The van der Waals surface area contributed by atoms with Gasteiger partial charge in [0.2, 0.25) is 11.1 Å². The van der Waals surface area contributed by atoms with Crippen LogP contribution < -0.4 is 21.3 Å². The summed E-state index contributed by atoms with van der Waals surface area (Å²) in [7, 11) is 1.53. The zero-order chi connectivity index (χ0) is 23.7. The topological polar surface area (TPSA) is 148 Å². The zero-order valence-corrected chi connectivity index (χ0v) is 18.5. The highest BCUT2D eigenvalue weighted by molar-refractivity contribution is 7.99. The number of para-hydroxylation sites is 1. The van der Waals surface area contributed by atoms with Crippen LogP contribution in [0.25, 0.3) is 27.8 Å². The molecular formula is C22H17N7O4S. The molecule has 0 atom stereocenters. The molecular weight excluding hydrogens is 458 g/mol. The first kappa shape index (κ1) is 21.4. The van der Waals surface area contributed by atoms with Crippen molar-refractivity contribution in [3.05, 3.63) is 75.4 Å². The summed E-state index contributed by atoms with van der Waals surface area (Å²) in [6.07, 6.45) is 0. The Labute approximate surface area is 195 Å². The molecule has 2 aromatic carbocycles. The number of hydrogen-bond acceptors (Lipinski definition) is 8. The molecule has 0 aliphatic rings. The van der Waals surface area contributed by atoms with Crippen molar-refractivity contribution in [3.8, 4) is 11.4 Å². The van der Waals surface area contributed by atoms with E-state index < -0.39 is 17.2 Å². The molecule has 34 heavy (non-hydrogen) atoms. The maximum absolute atomic E-state index is 12.6. The van der Waals surface area contributed by atoms with Gasteiger partial charge >= 0.3 is 5.69 Å². The van der Waals surface area contributed by atoms with Crippen LogP contribution >= 0.6 is 11.8 Å². The fraction of sp³-hybridized carbons (Fsp3) is 0.0909. The third-order valence-corrected chi connectivity index (χ3v) is 5.81. The molecule has 0 aliphatic heterocycles. The minimum Gasteiger partial charge on any atom is -0.497 e. The molecule has 3 aromatic heterocycles. The molecule has 0 aliphatic carbocycles. The van der Waals surface area contributed by atoms with Gasteiger partial charge in [0.25, 0.3) is 5.56 Å². The second kappa shape index (κ2) is 8.83. The Kier molecular flexibility index (Phi) is 5.55. The van der Waals surface area contributed by atoms with Gasteiger partial charge in [-0.3, -0.25) is 14.6 Å². The Balaban J connectivity index is 1.36. The van der Waals surface area contributed by atoms with Gasteiger partial charge in [0, 0.05) is 17.0 Å². The van der Waals surface area contributed by atoms with E-state index in [4.69, 9.17) is 4.74 Å². The van der Waals surface area contributed by atoms with Gasteiger partial charge in [-0.25, -0.2) is 14.3 Å². The van der Waals surface area contributed by atoms with E-state index in [2.05, 4.69) is 30.5 Å². The number of carbonyl (C=O) groups is 1. The van der Waals surface area contributed by atoms with E-state index in [0.717, 1.165) is 28.7 Å². The Morgan fingerprint density at radius 2 is 1.88 bits per heavy atom. The first-order valence-corrected chi connectivity index (χ1v) is 11.0. The van der Waals surface area contributed by atoms with Crippen LogP contribution in [0.3, 0.4) is 0 Å². The average Bonchev–Trinajstić information content (AvgIpc) is 3.20. The summed E-state index contributed by atoms with van der Waals surface area (Å²) in [4.78, 5) is 46.8. The third-order valence-electron chi connectivity index (χ3n) is 4.97. The molecule has 170 valence electrons. The molecule has 11 nitrogen and oxygen atoms in total. The quantitative estimate of drug-likeness (QED) is 0.316. The zero-order valence-electron chi connectivity index (χ0n) is 17.7. The van der Waals surface area contributed by atoms with Crippen LogP contribution in [0.5, 0.6) is 5.75 Å². The van der Waals surface area contributed by atoms with Crippen molar-refractivity contribution < 1.29 is 9.53 Å². The molecule has 0 saturated carbocycles. The van der Waals surface area contributed by atoms with Crippen LogP contribution in [0.2, 0.25) is 0 Å². The number of benzene rings is 2. The smallest absolute Gasteiger partial charge is 0.334 e. The Morgan fingerprint density at radius 3 is 2.68 bits per heavy atom. The molecule has 0 fully saturated rings. The number of aromatic nitrogens is 6. The molecule has 5 rings (SSSR count). The molecule has 0 saturated heterocycles.